The molecular weight excluding hydrogens is 263 g/mol. The first-order chi connectivity index (χ1) is 9.22. The van der Waals surface area contributed by atoms with Crippen LogP contribution < -0.4 is 0 Å². The Labute approximate surface area is 146 Å². The fourth-order valence-electron chi connectivity index (χ4n) is 1.94. The summed E-state index contributed by atoms with van der Waals surface area (Å²) in [7, 11) is 0. The van der Waals surface area contributed by atoms with Crippen LogP contribution in [0.5, 0.6) is 0 Å². The van der Waals surface area contributed by atoms with Gasteiger partial charge in [-0.05, 0) is 12.8 Å². The van der Waals surface area contributed by atoms with E-state index in [9.17, 15) is 9.59 Å². The molecule has 0 saturated carbocycles. The van der Waals surface area contributed by atoms with Crippen molar-refractivity contribution in [2.45, 2.75) is 84.5 Å². The maximum absolute atomic E-state index is 11.5. The van der Waals surface area contributed by atoms with Crippen LogP contribution in [0.2, 0.25) is 0 Å². The number of ketones is 1. The maximum atomic E-state index is 11.5. The molecule has 0 heterocycles. The first kappa shape index (κ1) is 22.4. The van der Waals surface area contributed by atoms with Crippen LogP contribution in [-0.4, -0.2) is 47.9 Å². The van der Waals surface area contributed by atoms with E-state index < -0.39 is 5.97 Å². The molecule has 0 unspecified atom stereocenters. The monoisotopic (exact) mass is 294 g/mol. The zero-order valence-corrected chi connectivity index (χ0v) is 12.7. The van der Waals surface area contributed by atoms with Gasteiger partial charge in [-0.3, -0.25) is 4.79 Å². The molecule has 0 aromatic rings. The third-order valence-corrected chi connectivity index (χ3v) is 3.22. The molecule has 0 bridgehead atoms. The summed E-state index contributed by atoms with van der Waals surface area (Å²) in [5.74, 6) is -0.990. The van der Waals surface area contributed by atoms with Crippen LogP contribution in [0.25, 0.3) is 0 Å². The molecule has 0 N–H and O–H groups in total. The van der Waals surface area contributed by atoms with Gasteiger partial charge in [-0.25, -0.2) is 4.79 Å². The molecule has 0 saturated heterocycles. The molecule has 0 radical (unpaired) electrons. The van der Waals surface area contributed by atoms with Gasteiger partial charge in [0.15, 0.2) is 0 Å². The van der Waals surface area contributed by atoms with Gasteiger partial charge in [0.25, 0.3) is 0 Å². The number of ether oxygens (including phenoxy) is 1. The number of rotatable bonds is 13. The predicted molar refractivity (Wildman–Crippen MR) is 85.3 cm³/mol. The van der Waals surface area contributed by atoms with Gasteiger partial charge in [0, 0.05) is 6.42 Å². The van der Waals surface area contributed by atoms with Crippen LogP contribution in [0, 0.1) is 0 Å². The Morgan fingerprint density at radius 3 is 1.80 bits per heavy atom. The summed E-state index contributed by atoms with van der Waals surface area (Å²) in [6, 6.07) is 0. The first-order valence-corrected chi connectivity index (χ1v) is 7.92. The summed E-state index contributed by atoms with van der Waals surface area (Å²) in [6.45, 7) is 4.71. The van der Waals surface area contributed by atoms with Crippen LogP contribution in [0.4, 0.5) is 0 Å². The summed E-state index contributed by atoms with van der Waals surface area (Å²) in [4.78, 5) is 22.8. The molecule has 0 aromatic carbocycles. The molecule has 3 nitrogen and oxygen atoms in total. The molecule has 4 heteroatoms. The quantitative estimate of drug-likeness (QED) is 0.225. The van der Waals surface area contributed by atoms with Crippen molar-refractivity contribution in [3.63, 3.8) is 0 Å². The van der Waals surface area contributed by atoms with Gasteiger partial charge in [0.05, 0.1) is 6.61 Å². The minimum atomic E-state index is -0.633. The second-order valence-electron chi connectivity index (χ2n) is 5.14. The molecule has 0 aliphatic rings. The van der Waals surface area contributed by atoms with E-state index in [1.165, 1.54) is 32.1 Å². The van der Waals surface area contributed by atoms with Gasteiger partial charge in [0.2, 0.25) is 5.78 Å². The fraction of sp³-hybridized carbons (Fsp3) is 0.875. The zero-order chi connectivity index (χ0) is 14.3. The average Bonchev–Trinajstić information content (AvgIpc) is 2.42. The molecule has 20 heavy (non-hydrogen) atoms. The van der Waals surface area contributed by atoms with E-state index in [2.05, 4.69) is 13.8 Å². The van der Waals surface area contributed by atoms with E-state index in [1.807, 2.05) is 0 Å². The number of hydrogen-bond acceptors (Lipinski definition) is 3. The number of carbonyl (C=O) groups excluding carboxylic acids is 2. The zero-order valence-electron chi connectivity index (χ0n) is 12.7. The molecule has 0 spiro atoms. The van der Waals surface area contributed by atoms with E-state index in [0.29, 0.717) is 13.0 Å². The van der Waals surface area contributed by atoms with Crippen LogP contribution in [0.15, 0.2) is 0 Å². The molecule has 0 aromatic heterocycles. The van der Waals surface area contributed by atoms with E-state index in [-0.39, 0.29) is 35.3 Å². The number of hydrogen-bond donors (Lipinski definition) is 0. The average molecular weight is 294 g/mol. The SMILES string of the molecule is CCCCCCCOC(=O)C(=O)CCCCCCC.[NaH]. The summed E-state index contributed by atoms with van der Waals surface area (Å²) >= 11 is 0. The van der Waals surface area contributed by atoms with Crippen LogP contribution in [-0.2, 0) is 14.3 Å². The summed E-state index contributed by atoms with van der Waals surface area (Å²) in [5.41, 5.74) is 0. The standard InChI is InChI=1S/C16H30O3.Na.H/c1-3-5-7-9-11-13-15(17)16(18)19-14-12-10-8-6-4-2;;/h3-14H2,1-2H3;;. The summed E-state index contributed by atoms with van der Waals surface area (Å²) in [5, 5.41) is 0. The van der Waals surface area contributed by atoms with Crippen molar-refractivity contribution in [3.8, 4) is 0 Å². The number of unbranched alkanes of at least 4 members (excludes halogenated alkanes) is 8. The normalized spacial score (nSPS) is 9.90. The van der Waals surface area contributed by atoms with Crippen molar-refractivity contribution in [1.29, 1.82) is 0 Å². The first-order valence-electron chi connectivity index (χ1n) is 7.92. The van der Waals surface area contributed by atoms with Gasteiger partial charge in [-0.2, -0.15) is 0 Å². The second-order valence-corrected chi connectivity index (χ2v) is 5.14. The molecule has 0 fully saturated rings. The Kier molecular flexibility index (Phi) is 19.3. The van der Waals surface area contributed by atoms with E-state index in [1.54, 1.807) is 0 Å². The topological polar surface area (TPSA) is 43.4 Å². The van der Waals surface area contributed by atoms with Crippen LogP contribution >= 0.6 is 0 Å². The number of esters is 1. The summed E-state index contributed by atoms with van der Waals surface area (Å²) < 4.78 is 4.97. The Morgan fingerprint density at radius 1 is 0.750 bits per heavy atom. The van der Waals surface area contributed by atoms with E-state index in [0.717, 1.165) is 32.1 Å². The van der Waals surface area contributed by atoms with Crippen LogP contribution in [0.3, 0.4) is 0 Å². The van der Waals surface area contributed by atoms with Crippen molar-refractivity contribution in [1.82, 2.24) is 0 Å². The third kappa shape index (κ3) is 14.5. The number of Topliss-reactive ketones (excluding diaryl/α,β-unsaturated/α-hetero) is 1. The van der Waals surface area contributed by atoms with Crippen molar-refractivity contribution in [2.24, 2.45) is 0 Å². The molecule has 114 valence electrons. The van der Waals surface area contributed by atoms with E-state index >= 15 is 0 Å². The van der Waals surface area contributed by atoms with Gasteiger partial charge >= 0.3 is 35.5 Å². The molecule has 0 atom stereocenters. The van der Waals surface area contributed by atoms with Gasteiger partial charge in [-0.1, -0.05) is 65.2 Å². The van der Waals surface area contributed by atoms with Crippen molar-refractivity contribution >= 4 is 41.3 Å². The summed E-state index contributed by atoms with van der Waals surface area (Å²) in [6.07, 6.45) is 11.3. The Morgan fingerprint density at radius 2 is 1.25 bits per heavy atom. The van der Waals surface area contributed by atoms with E-state index in [4.69, 9.17) is 4.74 Å². The van der Waals surface area contributed by atoms with Crippen molar-refractivity contribution in [2.75, 3.05) is 6.61 Å². The minimum absolute atomic E-state index is 0. The third-order valence-electron chi connectivity index (χ3n) is 3.22. The molecule has 0 rings (SSSR count). The Bertz CT molecular complexity index is 242. The van der Waals surface area contributed by atoms with Crippen molar-refractivity contribution in [3.05, 3.63) is 0 Å². The molecular formula is C16H31NaO3. The van der Waals surface area contributed by atoms with Crippen LogP contribution in [0.1, 0.15) is 84.5 Å². The predicted octanol–water partition coefficient (Wildman–Crippen LogP) is 3.78. The van der Waals surface area contributed by atoms with Gasteiger partial charge in [0.1, 0.15) is 0 Å². The number of carbonyl (C=O) groups is 2. The molecule has 0 aliphatic heterocycles. The molecule has 0 amide bonds. The second kappa shape index (κ2) is 17.2. The Hall–Kier alpha value is 0.140. The van der Waals surface area contributed by atoms with Gasteiger partial charge in [-0.15, -0.1) is 0 Å². The Balaban J connectivity index is 0. The van der Waals surface area contributed by atoms with Crippen molar-refractivity contribution < 1.29 is 14.3 Å². The molecule has 0 aliphatic carbocycles. The fourth-order valence-corrected chi connectivity index (χ4v) is 1.94. The van der Waals surface area contributed by atoms with Gasteiger partial charge < -0.3 is 4.74 Å².